The van der Waals surface area contributed by atoms with E-state index >= 15 is 0 Å². The Labute approximate surface area is 152 Å². The molecule has 0 saturated heterocycles. The predicted octanol–water partition coefficient (Wildman–Crippen LogP) is 6.44. The zero-order chi connectivity index (χ0) is 17.2. The molecule has 0 heterocycles. The van der Waals surface area contributed by atoms with Gasteiger partial charge in [-0.1, -0.05) is 74.2 Å². The molecule has 1 atom stereocenters. The van der Waals surface area contributed by atoms with E-state index in [2.05, 4.69) is 27.9 Å². The quantitative estimate of drug-likeness (QED) is 0.159. The molecule has 0 saturated carbocycles. The fraction of sp³-hybridized carbons (Fsp3) is 1.00. The van der Waals surface area contributed by atoms with Crippen molar-refractivity contribution in [3.63, 3.8) is 0 Å². The van der Waals surface area contributed by atoms with Gasteiger partial charge in [0.15, 0.2) is 0 Å². The first-order chi connectivity index (χ1) is 11.2. The van der Waals surface area contributed by atoms with E-state index in [1.54, 1.807) is 0 Å². The summed E-state index contributed by atoms with van der Waals surface area (Å²) in [5, 5.41) is 4.01. The van der Waals surface area contributed by atoms with E-state index in [4.69, 9.17) is 9.05 Å². The van der Waals surface area contributed by atoms with E-state index in [-0.39, 0.29) is 0 Å². The van der Waals surface area contributed by atoms with Gasteiger partial charge in [0.2, 0.25) is 0 Å². The van der Waals surface area contributed by atoms with Gasteiger partial charge in [0.1, 0.15) is 0 Å². The second-order valence-corrected chi connectivity index (χ2v) is 8.50. The fourth-order valence-electron chi connectivity index (χ4n) is 2.33. The Hall–Kier alpha value is 0.590. The molecule has 0 spiro atoms. The maximum Gasteiger partial charge on any atom is 0.405 e. The summed E-state index contributed by atoms with van der Waals surface area (Å²) in [5.41, 5.74) is 0. The van der Waals surface area contributed by atoms with Crippen LogP contribution in [0.4, 0.5) is 0 Å². The first kappa shape index (κ1) is 23.6. The molecule has 6 heteroatoms. The van der Waals surface area contributed by atoms with Gasteiger partial charge >= 0.3 is 7.75 Å². The monoisotopic (exact) mass is 413 g/mol. The van der Waals surface area contributed by atoms with E-state index in [1.807, 2.05) is 6.92 Å². The van der Waals surface area contributed by atoms with Crippen molar-refractivity contribution in [3.8, 4) is 0 Å². The first-order valence-corrected chi connectivity index (χ1v) is 12.0. The molecule has 0 aliphatic heterocycles. The van der Waals surface area contributed by atoms with Crippen LogP contribution in [0.1, 0.15) is 84.5 Å². The Balaban J connectivity index is 3.67. The lowest BCUT2D eigenvalue weighted by atomic mass is 10.1. The molecule has 1 N–H and O–H groups in total. The largest absolute Gasteiger partial charge is 0.405 e. The second-order valence-electron chi connectivity index (χ2n) is 5.88. The number of rotatable bonds is 18. The standard InChI is InChI=1S/C17H37BrNO3P/c1-3-5-6-7-8-9-10-13-16-19-23(20,21-4-2)22-17-14-11-12-15-18/h3-17H2,1-2H3,(H,19,20). The third-order valence-corrected chi connectivity index (χ3v) is 5.97. The highest BCUT2D eigenvalue weighted by Gasteiger charge is 2.22. The lowest BCUT2D eigenvalue weighted by molar-refractivity contribution is 0.199. The fourth-order valence-corrected chi connectivity index (χ4v) is 4.13. The molecule has 0 rings (SSSR count). The van der Waals surface area contributed by atoms with Crippen molar-refractivity contribution in [2.24, 2.45) is 0 Å². The average Bonchev–Trinajstić information content (AvgIpc) is 2.53. The molecule has 140 valence electrons. The topological polar surface area (TPSA) is 47.6 Å². The summed E-state index contributed by atoms with van der Waals surface area (Å²) in [5.74, 6) is 0. The summed E-state index contributed by atoms with van der Waals surface area (Å²) in [6.07, 6.45) is 13.2. The van der Waals surface area contributed by atoms with Crippen molar-refractivity contribution in [2.45, 2.75) is 84.5 Å². The highest BCUT2D eigenvalue weighted by molar-refractivity contribution is 9.09. The van der Waals surface area contributed by atoms with E-state index in [0.717, 1.165) is 31.0 Å². The van der Waals surface area contributed by atoms with E-state index in [0.29, 0.717) is 19.8 Å². The van der Waals surface area contributed by atoms with Crippen LogP contribution in [0.5, 0.6) is 0 Å². The smallest absolute Gasteiger partial charge is 0.297 e. The summed E-state index contributed by atoms with van der Waals surface area (Å²) in [6, 6.07) is 0. The third-order valence-electron chi connectivity index (χ3n) is 3.67. The van der Waals surface area contributed by atoms with Crippen molar-refractivity contribution in [3.05, 3.63) is 0 Å². The number of hydrogen-bond donors (Lipinski definition) is 1. The molecule has 0 aliphatic rings. The minimum atomic E-state index is -3.10. The van der Waals surface area contributed by atoms with Gasteiger partial charge in [0, 0.05) is 11.9 Å². The molecule has 23 heavy (non-hydrogen) atoms. The highest BCUT2D eigenvalue weighted by atomic mass is 79.9. The highest BCUT2D eigenvalue weighted by Crippen LogP contribution is 2.43. The van der Waals surface area contributed by atoms with Crippen LogP contribution in [0.3, 0.4) is 0 Å². The van der Waals surface area contributed by atoms with E-state index in [1.165, 1.54) is 44.9 Å². The van der Waals surface area contributed by atoms with Crippen LogP contribution in [0.15, 0.2) is 0 Å². The Morgan fingerprint density at radius 3 is 2.04 bits per heavy atom. The molecule has 0 radical (unpaired) electrons. The van der Waals surface area contributed by atoms with Crippen LogP contribution in [0, 0.1) is 0 Å². The normalized spacial score (nSPS) is 14.0. The molecular formula is C17H37BrNO3P. The molecule has 4 nitrogen and oxygen atoms in total. The van der Waals surface area contributed by atoms with Gasteiger partial charge in [-0.25, -0.2) is 9.65 Å². The van der Waals surface area contributed by atoms with Gasteiger partial charge in [-0.15, -0.1) is 0 Å². The van der Waals surface area contributed by atoms with Crippen molar-refractivity contribution >= 4 is 23.7 Å². The summed E-state index contributed by atoms with van der Waals surface area (Å²) in [7, 11) is -3.10. The molecule has 0 aromatic carbocycles. The van der Waals surface area contributed by atoms with Crippen LogP contribution < -0.4 is 5.09 Å². The van der Waals surface area contributed by atoms with E-state index in [9.17, 15) is 4.57 Å². The molecule has 0 aliphatic carbocycles. The van der Waals surface area contributed by atoms with Crippen molar-refractivity contribution in [1.29, 1.82) is 0 Å². The average molecular weight is 414 g/mol. The Morgan fingerprint density at radius 2 is 1.43 bits per heavy atom. The number of halogens is 1. The van der Waals surface area contributed by atoms with E-state index < -0.39 is 7.75 Å². The van der Waals surface area contributed by atoms with Crippen LogP contribution >= 0.6 is 23.7 Å². The molecule has 0 aromatic rings. The third kappa shape index (κ3) is 15.8. The van der Waals surface area contributed by atoms with Crippen LogP contribution in [0.2, 0.25) is 0 Å². The minimum absolute atomic E-state index is 0.406. The van der Waals surface area contributed by atoms with Gasteiger partial charge < -0.3 is 0 Å². The second kappa shape index (κ2) is 17.4. The SMILES string of the molecule is CCCCCCCCCCNP(=O)(OCC)OCCCCCBr. The van der Waals surface area contributed by atoms with Gasteiger partial charge in [-0.3, -0.25) is 9.05 Å². The summed E-state index contributed by atoms with van der Waals surface area (Å²) in [4.78, 5) is 0. The summed E-state index contributed by atoms with van der Waals surface area (Å²) in [6.45, 7) is 5.69. The molecule has 0 amide bonds. The van der Waals surface area contributed by atoms with Crippen LogP contribution in [0.25, 0.3) is 0 Å². The lowest BCUT2D eigenvalue weighted by Gasteiger charge is -2.18. The number of nitrogens with one attached hydrogen (secondary N) is 1. The van der Waals surface area contributed by atoms with Gasteiger partial charge in [-0.05, 0) is 26.2 Å². The summed E-state index contributed by atoms with van der Waals surface area (Å²) < 4.78 is 23.3. The van der Waals surface area contributed by atoms with Crippen LogP contribution in [-0.2, 0) is 13.6 Å². The zero-order valence-electron chi connectivity index (χ0n) is 15.2. The first-order valence-electron chi connectivity index (χ1n) is 9.38. The number of hydrogen-bond acceptors (Lipinski definition) is 3. The number of alkyl halides is 1. The Kier molecular flexibility index (Phi) is 17.9. The van der Waals surface area contributed by atoms with Crippen molar-refractivity contribution < 1.29 is 13.6 Å². The zero-order valence-corrected chi connectivity index (χ0v) is 17.6. The molecule has 0 bridgehead atoms. The minimum Gasteiger partial charge on any atom is -0.297 e. The van der Waals surface area contributed by atoms with Crippen molar-refractivity contribution in [2.75, 3.05) is 25.1 Å². The maximum atomic E-state index is 12.5. The molecule has 1 unspecified atom stereocenters. The maximum absolute atomic E-state index is 12.5. The number of unbranched alkanes of at least 4 members (excludes halogenated alkanes) is 9. The predicted molar refractivity (Wildman–Crippen MR) is 103 cm³/mol. The van der Waals surface area contributed by atoms with Gasteiger partial charge in [-0.2, -0.15) is 0 Å². The molecule has 0 aromatic heterocycles. The van der Waals surface area contributed by atoms with Crippen molar-refractivity contribution in [1.82, 2.24) is 5.09 Å². The lowest BCUT2D eigenvalue weighted by Crippen LogP contribution is -2.16. The van der Waals surface area contributed by atoms with Gasteiger partial charge in [0.25, 0.3) is 0 Å². The van der Waals surface area contributed by atoms with Crippen LogP contribution in [-0.4, -0.2) is 25.1 Å². The van der Waals surface area contributed by atoms with Gasteiger partial charge in [0.05, 0.1) is 13.2 Å². The summed E-state index contributed by atoms with van der Waals surface area (Å²) >= 11 is 3.41. The Bertz CT molecular complexity index is 293. The molecular weight excluding hydrogens is 377 g/mol. The molecule has 0 fully saturated rings. The Morgan fingerprint density at radius 1 is 0.826 bits per heavy atom.